The Morgan fingerprint density at radius 2 is 1.16 bits per heavy atom. The molecule has 0 saturated heterocycles. The first-order valence-electron chi connectivity index (χ1n) is 14.7. The molecule has 2 unspecified atom stereocenters. The zero-order chi connectivity index (χ0) is 27.6. The zero-order valence-corrected chi connectivity index (χ0v) is 24.4. The predicted molar refractivity (Wildman–Crippen MR) is 156 cm³/mol. The van der Waals surface area contributed by atoms with Crippen LogP contribution in [0.2, 0.25) is 0 Å². The molecule has 0 saturated carbocycles. The first kappa shape index (κ1) is 35.6. The molecule has 3 N–H and O–H groups in total. The summed E-state index contributed by atoms with van der Waals surface area (Å²) in [4.78, 5) is 12.3. The van der Waals surface area contributed by atoms with Crippen LogP contribution >= 0.6 is 0 Å². The van der Waals surface area contributed by atoms with Gasteiger partial charge in [-0.3, -0.25) is 9.35 Å². The monoisotopic (exact) mass is 541 g/mol. The average molecular weight is 542 g/mol. The van der Waals surface area contributed by atoms with E-state index < -0.39 is 28.0 Å². The smallest absolute Gasteiger partial charge is 0.267 e. The van der Waals surface area contributed by atoms with E-state index in [1.165, 1.54) is 57.4 Å². The van der Waals surface area contributed by atoms with Gasteiger partial charge in [-0.15, -0.1) is 0 Å². The number of aliphatic hydroxyl groups is 1. The predicted octanol–water partition coefficient (Wildman–Crippen LogP) is 7.45. The van der Waals surface area contributed by atoms with Crippen molar-refractivity contribution in [3.8, 4) is 0 Å². The minimum atomic E-state index is -4.34. The van der Waals surface area contributed by atoms with Crippen LogP contribution < -0.4 is 5.32 Å². The van der Waals surface area contributed by atoms with Gasteiger partial charge in [-0.1, -0.05) is 102 Å². The molecule has 216 valence electrons. The van der Waals surface area contributed by atoms with Gasteiger partial charge in [0.15, 0.2) is 0 Å². The molecule has 37 heavy (non-hydrogen) atoms. The summed E-state index contributed by atoms with van der Waals surface area (Å²) in [5.41, 5.74) is 0. The van der Waals surface area contributed by atoms with E-state index in [1.807, 2.05) is 0 Å². The van der Waals surface area contributed by atoms with E-state index in [9.17, 15) is 22.9 Å². The highest BCUT2D eigenvalue weighted by Gasteiger charge is 2.24. The maximum absolute atomic E-state index is 12.3. The third kappa shape index (κ3) is 26.0. The lowest BCUT2D eigenvalue weighted by atomic mass is 10.1. The van der Waals surface area contributed by atoms with Gasteiger partial charge >= 0.3 is 0 Å². The Hall–Kier alpha value is -1.44. The van der Waals surface area contributed by atoms with Crippen LogP contribution in [0.15, 0.2) is 36.5 Å². The lowest BCUT2D eigenvalue weighted by molar-refractivity contribution is -0.122. The van der Waals surface area contributed by atoms with Gasteiger partial charge in [0.25, 0.3) is 10.1 Å². The Morgan fingerprint density at radius 3 is 1.76 bits per heavy atom. The molecule has 0 rings (SSSR count). The van der Waals surface area contributed by atoms with E-state index in [1.54, 1.807) is 6.08 Å². The van der Waals surface area contributed by atoms with Gasteiger partial charge in [0.1, 0.15) is 0 Å². The number of amides is 1. The van der Waals surface area contributed by atoms with Gasteiger partial charge in [0.05, 0.1) is 17.9 Å². The van der Waals surface area contributed by atoms with Crippen molar-refractivity contribution in [2.75, 3.05) is 5.75 Å². The van der Waals surface area contributed by atoms with Crippen LogP contribution in [0.5, 0.6) is 0 Å². The molecular formula is C30H55NO5S. The zero-order valence-electron chi connectivity index (χ0n) is 23.6. The highest BCUT2D eigenvalue weighted by Crippen LogP contribution is 2.10. The van der Waals surface area contributed by atoms with Gasteiger partial charge in [-0.2, -0.15) is 8.42 Å². The quantitative estimate of drug-likeness (QED) is 0.0632. The lowest BCUT2D eigenvalue weighted by Gasteiger charge is -2.21. The van der Waals surface area contributed by atoms with Crippen molar-refractivity contribution in [3.63, 3.8) is 0 Å². The summed E-state index contributed by atoms with van der Waals surface area (Å²) in [6.07, 6.45) is 29.9. The van der Waals surface area contributed by atoms with Crippen LogP contribution in [-0.2, 0) is 14.9 Å². The summed E-state index contributed by atoms with van der Waals surface area (Å²) in [6.45, 7) is 4.41. The van der Waals surface area contributed by atoms with Crippen molar-refractivity contribution in [2.24, 2.45) is 0 Å². The second-order valence-corrected chi connectivity index (χ2v) is 11.5. The number of hydrogen-bond donors (Lipinski definition) is 3. The molecule has 0 aliphatic rings. The van der Waals surface area contributed by atoms with Gasteiger partial charge in [0, 0.05) is 6.42 Å². The van der Waals surface area contributed by atoms with Gasteiger partial charge in [0.2, 0.25) is 5.91 Å². The van der Waals surface area contributed by atoms with E-state index >= 15 is 0 Å². The number of hydrogen-bond acceptors (Lipinski definition) is 4. The molecule has 2 atom stereocenters. The molecule has 0 aliphatic carbocycles. The molecule has 0 aliphatic heterocycles. The maximum Gasteiger partial charge on any atom is 0.267 e. The summed E-state index contributed by atoms with van der Waals surface area (Å²) in [5.74, 6) is -1.02. The number of aliphatic hydroxyl groups excluding tert-OH is 1. The summed E-state index contributed by atoms with van der Waals surface area (Å²) in [6, 6.07) is -1.07. The van der Waals surface area contributed by atoms with Crippen molar-refractivity contribution < 1.29 is 22.9 Å². The summed E-state index contributed by atoms with van der Waals surface area (Å²) >= 11 is 0. The van der Waals surface area contributed by atoms with E-state index in [0.717, 1.165) is 44.9 Å². The molecule has 7 heteroatoms. The van der Waals surface area contributed by atoms with Crippen LogP contribution in [0.1, 0.15) is 129 Å². The van der Waals surface area contributed by atoms with Crippen LogP contribution in [0.25, 0.3) is 0 Å². The molecule has 0 radical (unpaired) electrons. The lowest BCUT2D eigenvalue weighted by Crippen LogP contribution is -2.46. The van der Waals surface area contributed by atoms with Crippen LogP contribution in [0.4, 0.5) is 0 Å². The number of unbranched alkanes of at least 4 members (excludes halogenated alkanes) is 13. The largest absolute Gasteiger partial charge is 0.387 e. The van der Waals surface area contributed by atoms with Crippen LogP contribution in [-0.4, -0.2) is 41.9 Å². The Bertz CT molecular complexity index is 730. The normalized spacial score (nSPS) is 14.2. The van der Waals surface area contributed by atoms with Gasteiger partial charge in [-0.25, -0.2) is 0 Å². The second kappa shape index (κ2) is 24.9. The first-order chi connectivity index (χ1) is 17.8. The molecular weight excluding hydrogens is 486 g/mol. The molecule has 0 heterocycles. The molecule has 0 bridgehead atoms. The number of allylic oxidation sites excluding steroid dienone is 5. The molecule has 6 nitrogen and oxygen atoms in total. The molecule has 0 aromatic carbocycles. The van der Waals surface area contributed by atoms with Crippen molar-refractivity contribution >= 4 is 16.0 Å². The Morgan fingerprint density at radius 1 is 0.703 bits per heavy atom. The SMILES string of the molecule is CCCCC/C=C\CCCCCCCC(=O)NC(CS(=O)(=O)O)C(O)/C=C/CC/C=C/CCCCCC. The van der Waals surface area contributed by atoms with Crippen molar-refractivity contribution in [1.29, 1.82) is 0 Å². The maximum atomic E-state index is 12.3. The highest BCUT2D eigenvalue weighted by molar-refractivity contribution is 7.85. The Kier molecular flexibility index (Phi) is 23.9. The number of carbonyl (C=O) groups is 1. The van der Waals surface area contributed by atoms with E-state index in [0.29, 0.717) is 12.8 Å². The number of carbonyl (C=O) groups excluding carboxylic acids is 1. The third-order valence-electron chi connectivity index (χ3n) is 6.29. The van der Waals surface area contributed by atoms with Crippen molar-refractivity contribution in [1.82, 2.24) is 5.32 Å². The molecule has 0 aromatic rings. The Labute approximate surface area is 227 Å². The minimum absolute atomic E-state index is 0.277. The highest BCUT2D eigenvalue weighted by atomic mass is 32.2. The third-order valence-corrected chi connectivity index (χ3v) is 7.07. The standard InChI is InChI=1S/C30H55NO5S/c1-3-5-7-9-11-13-15-16-18-20-22-24-26-30(33)31-28(27-37(34,35)36)29(32)25-23-21-19-17-14-12-10-8-6-4-2/h11,13-14,17,23,25,28-29,32H,3-10,12,15-16,18-22,24,26-27H2,1-2H3,(H,31,33)(H,34,35,36)/b13-11-,17-14+,25-23+. The summed E-state index contributed by atoms with van der Waals surface area (Å²) in [5, 5.41) is 13.0. The van der Waals surface area contributed by atoms with Crippen molar-refractivity contribution in [3.05, 3.63) is 36.5 Å². The number of nitrogens with one attached hydrogen (secondary N) is 1. The fraction of sp³-hybridized carbons (Fsp3) is 0.767. The molecule has 0 fully saturated rings. The van der Waals surface area contributed by atoms with Gasteiger partial charge < -0.3 is 10.4 Å². The summed E-state index contributed by atoms with van der Waals surface area (Å²) < 4.78 is 32.1. The van der Waals surface area contributed by atoms with E-state index in [-0.39, 0.29) is 12.3 Å². The van der Waals surface area contributed by atoms with Crippen LogP contribution in [0, 0.1) is 0 Å². The average Bonchev–Trinajstić information content (AvgIpc) is 2.84. The van der Waals surface area contributed by atoms with E-state index in [4.69, 9.17) is 0 Å². The topological polar surface area (TPSA) is 104 Å². The fourth-order valence-corrected chi connectivity index (χ4v) is 4.78. The number of rotatable bonds is 25. The van der Waals surface area contributed by atoms with E-state index in [2.05, 4.69) is 43.5 Å². The second-order valence-electron chi connectivity index (χ2n) is 10.0. The van der Waals surface area contributed by atoms with Gasteiger partial charge in [-0.05, 0) is 57.8 Å². The van der Waals surface area contributed by atoms with Crippen LogP contribution in [0.3, 0.4) is 0 Å². The Balaban J connectivity index is 4.20. The molecule has 0 aromatic heterocycles. The first-order valence-corrected chi connectivity index (χ1v) is 16.3. The summed E-state index contributed by atoms with van der Waals surface area (Å²) in [7, 11) is -4.34. The molecule has 0 spiro atoms. The van der Waals surface area contributed by atoms with Crippen molar-refractivity contribution in [2.45, 2.75) is 142 Å². The fourth-order valence-electron chi connectivity index (χ4n) is 4.04. The minimum Gasteiger partial charge on any atom is -0.387 e. The molecule has 1 amide bonds.